The van der Waals surface area contributed by atoms with Gasteiger partial charge in [-0.05, 0) is 6.92 Å². The molecule has 0 aromatic rings. The van der Waals surface area contributed by atoms with Crippen molar-refractivity contribution in [1.82, 2.24) is 0 Å². The van der Waals surface area contributed by atoms with Crippen molar-refractivity contribution in [2.75, 3.05) is 66.1 Å². The lowest BCUT2D eigenvalue weighted by molar-refractivity contribution is -0.408. The van der Waals surface area contributed by atoms with Crippen LogP contribution in [0.25, 0.3) is 0 Å². The van der Waals surface area contributed by atoms with Gasteiger partial charge in [0.1, 0.15) is 244 Å². The molecule has 0 bridgehead atoms. The Hall–Kier alpha value is -2.74. The number of aliphatic hydroxyl groups excluding tert-OH is 29. The Morgan fingerprint density at radius 3 is 1.26 bits per heavy atom. The number of hydrogen-bond acceptors (Lipinski definition) is 63. The number of phosphoric ester groups is 4. The maximum atomic E-state index is 14.4. The third kappa shape index (κ3) is 29.2. The molecular formula is C72H127N3O70P4. The Labute approximate surface area is 835 Å². The van der Waals surface area contributed by atoms with Gasteiger partial charge in [0, 0.05) is 12.8 Å². The second-order valence-corrected chi connectivity index (χ2v) is 41.1. The molecular weight excluding hydrogens is 2150 g/mol. The molecule has 11 aliphatic rings. The quantitative estimate of drug-likeness (QED) is 0.0252. The third-order valence-electron chi connectivity index (χ3n) is 26.0. The average molecular weight is 2280 g/mol. The predicted molar refractivity (Wildman–Crippen MR) is 445 cm³/mol. The molecule has 0 spiro atoms. The molecule has 0 saturated carbocycles. The minimum atomic E-state index is -6.77. The van der Waals surface area contributed by atoms with Crippen LogP contribution in [0.4, 0.5) is 0 Å². The number of rotatable bonds is 44. The highest BCUT2D eigenvalue weighted by molar-refractivity contribution is 7.47. The fourth-order valence-electron chi connectivity index (χ4n) is 18.0. The van der Waals surface area contributed by atoms with Gasteiger partial charge in [-0.3, -0.25) is 18.1 Å². The lowest BCUT2D eigenvalue weighted by Crippen LogP contribution is -2.71. The average Bonchev–Trinajstić information content (AvgIpc) is 0.734. The molecule has 149 heavy (non-hydrogen) atoms. The van der Waals surface area contributed by atoms with Crippen LogP contribution in [0.3, 0.4) is 0 Å². The molecule has 45 N–H and O–H groups in total. The van der Waals surface area contributed by atoms with Crippen LogP contribution in [-0.2, 0) is 145 Å². The van der Waals surface area contributed by atoms with Crippen molar-refractivity contribution in [3.05, 3.63) is 0 Å². The lowest BCUT2D eigenvalue weighted by Gasteiger charge is -2.53. The summed E-state index contributed by atoms with van der Waals surface area (Å²) < 4.78 is 194. The van der Waals surface area contributed by atoms with Gasteiger partial charge in [0.2, 0.25) is 0 Å². The highest BCUT2D eigenvalue weighted by atomic mass is 31.2. The van der Waals surface area contributed by atoms with E-state index in [0.717, 1.165) is 0 Å². The first kappa shape index (κ1) is 126. The minimum absolute atomic E-state index is 1.03. The van der Waals surface area contributed by atoms with Crippen molar-refractivity contribution in [2.45, 2.75) is 369 Å². The summed E-state index contributed by atoms with van der Waals surface area (Å²) in [7, 11) is -25.6. The van der Waals surface area contributed by atoms with Crippen LogP contribution in [0.2, 0.25) is 0 Å². The number of hydrogen-bond donors (Lipinski definition) is 42. The summed E-state index contributed by atoms with van der Waals surface area (Å²) in [6, 6.07) is -6.29. The van der Waals surface area contributed by atoms with E-state index in [1.807, 2.05) is 0 Å². The number of aliphatic hydroxyl groups is 29. The monoisotopic (exact) mass is 2280 g/mol. The maximum Gasteiger partial charge on any atom is 0.470 e. The minimum Gasteiger partial charge on any atom is -0.477 e. The van der Waals surface area contributed by atoms with E-state index in [1.165, 1.54) is 6.92 Å². The highest BCUT2D eigenvalue weighted by Crippen LogP contribution is 2.53. The number of carbonyl (C=O) groups is 2. The molecule has 0 amide bonds. The number of carboxylic acids is 2. The zero-order valence-electron chi connectivity index (χ0n) is 76.9. The molecule has 57 atom stereocenters. The zero-order chi connectivity index (χ0) is 111. The molecule has 12 unspecified atom stereocenters. The first-order valence-electron chi connectivity index (χ1n) is 45.0. The van der Waals surface area contributed by atoms with E-state index >= 15 is 0 Å². The highest BCUT2D eigenvalue weighted by Gasteiger charge is 2.68. The molecule has 11 heterocycles. The van der Waals surface area contributed by atoms with Gasteiger partial charge >= 0.3 is 43.2 Å². The number of ether oxygens (including phenoxy) is 21. The van der Waals surface area contributed by atoms with Gasteiger partial charge in [0.15, 0.2) is 56.6 Å². The molecule has 73 nitrogen and oxygen atoms in total. The van der Waals surface area contributed by atoms with Crippen LogP contribution in [-0.4, -0.2) is 624 Å². The van der Waals surface area contributed by atoms with E-state index in [2.05, 4.69) is 0 Å². The van der Waals surface area contributed by atoms with Crippen molar-refractivity contribution >= 4 is 43.2 Å². The SMILES string of the molecule is C[C@@H]1O[C@@H](OC[C@H]2O[C@H](O[C@@H]3[C@H](O[C@@H]4O[C@H](CO[C@H]5O[C@H](CO)[C@@H](O)[C@H](O)[C@H]5O)[C@@H](O)[C@H](O)[C@H]4O)[C@@H](N)[C@@H](OC4C(O)C(OC5C(OP(=O)(O)O)C(O[C@H]6[C@@H]([C@H](O)CO)O[C@@](OC[C@H]7O[C@@H](OC[C@H]8O[C@H](O)[C@H](N)[C@@H](O)[C@@H]8O)[C@H](N)[C@@H](O)[C@@H]7OP(=O)(O)O)(C(=O)O)C[C@H]6O[C@]6(C(=O)O)C[C@@H](O)[C@@H](O)[C@@H]([C@H](O)CO)O6)OC(C(O)CO)C5OP(=O)(O)O)OC(C(CO)OP(=O)(O)O)C4O)O[C@@H]3CO)[C@H](O)[C@@H](O)[C@@H]2O)[C@H](O)[C@H](O)[C@H]1O. The smallest absolute Gasteiger partial charge is 0.470 e. The van der Waals surface area contributed by atoms with Gasteiger partial charge in [-0.25, -0.2) is 27.8 Å². The van der Waals surface area contributed by atoms with Gasteiger partial charge in [-0.15, -0.1) is 0 Å². The predicted octanol–water partition coefficient (Wildman–Crippen LogP) is -25.2. The van der Waals surface area contributed by atoms with Gasteiger partial charge in [0.25, 0.3) is 11.6 Å². The Kier molecular flexibility index (Phi) is 44.1. The van der Waals surface area contributed by atoms with Crippen LogP contribution in [0, 0.1) is 0 Å². The summed E-state index contributed by atoms with van der Waals surface area (Å²) >= 11 is 0. The Balaban J connectivity index is 1.00. The first-order valence-corrected chi connectivity index (χ1v) is 51.2. The fourth-order valence-corrected chi connectivity index (χ4v) is 20.3. The van der Waals surface area contributed by atoms with Crippen molar-refractivity contribution in [2.24, 2.45) is 17.2 Å². The lowest BCUT2D eigenvalue weighted by atomic mass is 9.89. The van der Waals surface area contributed by atoms with Gasteiger partial charge < -0.3 is 314 Å². The topological polar surface area (TPSA) is 1200 Å². The summed E-state index contributed by atoms with van der Waals surface area (Å²) in [5.74, 6) is -13.0. The molecule has 870 valence electrons. The van der Waals surface area contributed by atoms with Crippen molar-refractivity contribution in [3.63, 3.8) is 0 Å². The van der Waals surface area contributed by atoms with Crippen LogP contribution in [0.5, 0.6) is 0 Å². The zero-order valence-corrected chi connectivity index (χ0v) is 80.4. The molecule has 11 aliphatic heterocycles. The summed E-state index contributed by atoms with van der Waals surface area (Å²) in [6.07, 6.45) is -135. The standard InChI is InChI=1S/C72H127N3O70P4/c1-14-30(86)38(94)42(98)63(125-14)122-11-24-34(90)40(96)44(100)65(129-24)134-54-21(8-80)128-62(29(75)55(54)136-66-45(101)41(97)35(91)25(130-66)12-123-64-43(99)39(95)32(88)20(7-79)127-64)137-56-46(102)51(22(9-81)142-146(109,110)111)133-67(47(56)103)138-57-58(144-148(115,116)117)49(17(84)5-77)132-68(59(57)145-149(118,119)120)135-53-19(139-72(70(107)108)2-15(82)31(87)48(140-72)16(83)4-76)3-71(69(105)106,141-50(53)18(85)6-78)124-13-26-52(143-147(112,113)114)37(93)28(74)61(131-26)121-10-23-33(89)36(92)27(73)60(104)126-23/h14-68,76-104H,2-13,73-75H2,1H3,(H,105,106)(H,107,108)(H2,109,110,111)(H2,112,113,114)(H2,115,116,117)(H2,118,119,120)/t14-,15+,16+,17?,18+,19+,20+,21+,22?,23+,24+,25+,26+,27+,28+,29+,30-,31+,32+,33+,34+,35+,36+,37+,38+,39-,40-,41-,42+,43+,44+,45+,46?,47?,48+,49?,50+,51?,52+,53+,54-,55+,56?,57?,58?,59?,60-,61+,62+,63+,64-,65+,66-,67?,68?,71+,72+/m0/s1. The van der Waals surface area contributed by atoms with E-state index < -0.39 is 471 Å². The van der Waals surface area contributed by atoms with Crippen LogP contribution in [0.1, 0.15) is 19.8 Å². The van der Waals surface area contributed by atoms with E-state index in [0.29, 0.717) is 0 Å². The van der Waals surface area contributed by atoms with E-state index in [9.17, 15) is 225 Å². The summed E-state index contributed by atoms with van der Waals surface area (Å²) in [5, 5.41) is 345. The van der Waals surface area contributed by atoms with E-state index in [-0.39, 0.29) is 0 Å². The first-order chi connectivity index (χ1) is 69.3. The van der Waals surface area contributed by atoms with E-state index in [4.69, 9.17) is 135 Å². The summed E-state index contributed by atoms with van der Waals surface area (Å²) in [4.78, 5) is 113. The van der Waals surface area contributed by atoms with Gasteiger partial charge in [-0.2, -0.15) is 0 Å². The van der Waals surface area contributed by atoms with Crippen molar-refractivity contribution in [1.29, 1.82) is 0 Å². The summed E-state index contributed by atoms with van der Waals surface area (Å²) in [6.45, 7) is -13.4. The molecule has 0 radical (unpaired) electrons. The molecule has 0 aromatic heterocycles. The van der Waals surface area contributed by atoms with Crippen LogP contribution < -0.4 is 17.2 Å². The van der Waals surface area contributed by atoms with E-state index in [1.54, 1.807) is 0 Å². The second-order valence-electron chi connectivity index (χ2n) is 36.3. The molecule has 0 aromatic carbocycles. The Morgan fingerprint density at radius 2 is 0.745 bits per heavy atom. The van der Waals surface area contributed by atoms with Crippen molar-refractivity contribution in [3.8, 4) is 0 Å². The second kappa shape index (κ2) is 51.9. The largest absolute Gasteiger partial charge is 0.477 e. The normalized spacial score (nSPS) is 47.5. The molecule has 11 rings (SSSR count). The molecule has 0 aliphatic carbocycles. The third-order valence-corrected chi connectivity index (χ3v) is 28.1. The molecule has 11 saturated heterocycles. The van der Waals surface area contributed by atoms with Gasteiger partial charge in [-0.1, -0.05) is 0 Å². The maximum absolute atomic E-state index is 14.4. The van der Waals surface area contributed by atoms with Crippen LogP contribution in [0.15, 0.2) is 0 Å². The number of phosphoric acid groups is 4. The number of nitrogens with two attached hydrogens (primary N) is 3. The van der Waals surface area contributed by atoms with Crippen LogP contribution >= 0.6 is 31.3 Å². The molecule has 11 fully saturated rings. The van der Waals surface area contributed by atoms with Crippen molar-refractivity contribution < 1.29 is 343 Å². The Morgan fingerprint density at radius 1 is 0.329 bits per heavy atom. The molecule has 77 heteroatoms. The summed E-state index contributed by atoms with van der Waals surface area (Å²) in [5.41, 5.74) is 18.8. The Bertz CT molecular complexity index is 4420. The van der Waals surface area contributed by atoms with Gasteiger partial charge in [0.05, 0.1) is 103 Å². The number of aliphatic carboxylic acids is 2. The fraction of sp³-hybridized carbons (Fsp3) is 0.972. The number of carboxylic acid groups (broad SMARTS) is 2.